The second kappa shape index (κ2) is 8.00. The molecule has 2 N–H and O–H groups in total. The average Bonchev–Trinajstić information content (AvgIpc) is 3.10. The number of nitrogens with one attached hydrogen (secondary N) is 2. The smallest absolute Gasteiger partial charge is 0.319 e. The fourth-order valence-electron chi connectivity index (χ4n) is 2.50. The van der Waals surface area contributed by atoms with Crippen LogP contribution in [-0.2, 0) is 16.3 Å². The van der Waals surface area contributed by atoms with E-state index in [0.29, 0.717) is 24.3 Å². The molecule has 1 aromatic carbocycles. The summed E-state index contributed by atoms with van der Waals surface area (Å²) in [6.45, 7) is 0.438. The van der Waals surface area contributed by atoms with E-state index in [2.05, 4.69) is 20.7 Å². The van der Waals surface area contributed by atoms with E-state index < -0.39 is 9.84 Å². The highest BCUT2D eigenvalue weighted by Gasteiger charge is 2.15. The number of hydrogen-bond acceptors (Lipinski definition) is 5. The van der Waals surface area contributed by atoms with Crippen molar-refractivity contribution in [2.75, 3.05) is 18.1 Å². The van der Waals surface area contributed by atoms with Crippen molar-refractivity contribution in [3.63, 3.8) is 0 Å². The van der Waals surface area contributed by atoms with Gasteiger partial charge in [-0.3, -0.25) is 4.98 Å². The number of rotatable bonds is 6. The largest absolute Gasteiger partial charge is 0.337 e. The predicted molar refractivity (Wildman–Crippen MR) is 102 cm³/mol. The van der Waals surface area contributed by atoms with Crippen LogP contribution in [0.15, 0.2) is 66.0 Å². The number of nitrogens with zero attached hydrogens (tertiary/aromatic N) is 3. The van der Waals surface area contributed by atoms with E-state index in [4.69, 9.17) is 0 Å². The van der Waals surface area contributed by atoms with Crippen LogP contribution in [0.1, 0.15) is 5.69 Å². The molecule has 9 heteroatoms. The summed E-state index contributed by atoms with van der Waals surface area (Å²) in [6, 6.07) is 11.8. The van der Waals surface area contributed by atoms with E-state index in [9.17, 15) is 13.2 Å². The highest BCUT2D eigenvalue weighted by molar-refractivity contribution is 7.90. The van der Waals surface area contributed by atoms with Gasteiger partial charge in [0, 0.05) is 31.1 Å². The van der Waals surface area contributed by atoms with Crippen molar-refractivity contribution in [3.8, 4) is 5.69 Å². The lowest BCUT2D eigenvalue weighted by molar-refractivity contribution is 0.252. The average molecular weight is 385 g/mol. The van der Waals surface area contributed by atoms with Crippen LogP contribution in [0.5, 0.6) is 0 Å². The second-order valence-electron chi connectivity index (χ2n) is 5.87. The highest BCUT2D eigenvalue weighted by Crippen LogP contribution is 2.20. The maximum Gasteiger partial charge on any atom is 0.319 e. The molecule has 0 aliphatic rings. The molecule has 3 rings (SSSR count). The molecule has 2 heterocycles. The SMILES string of the molecule is CS(=O)(=O)c1ccccc1-n1cc(NC(=O)NCCc2ccccn2)cn1. The minimum Gasteiger partial charge on any atom is -0.337 e. The summed E-state index contributed by atoms with van der Waals surface area (Å²) in [6.07, 6.45) is 6.48. The zero-order valence-corrected chi connectivity index (χ0v) is 15.5. The Labute approximate surface area is 157 Å². The Bertz CT molecular complexity index is 1030. The lowest BCUT2D eigenvalue weighted by Gasteiger charge is -2.07. The Morgan fingerprint density at radius 2 is 1.93 bits per heavy atom. The van der Waals surface area contributed by atoms with Crippen molar-refractivity contribution in [3.05, 3.63) is 66.7 Å². The topological polar surface area (TPSA) is 106 Å². The molecular formula is C18H19N5O3S. The van der Waals surface area contributed by atoms with Crippen LogP contribution >= 0.6 is 0 Å². The summed E-state index contributed by atoms with van der Waals surface area (Å²) in [4.78, 5) is 16.4. The van der Waals surface area contributed by atoms with Gasteiger partial charge in [-0.15, -0.1) is 0 Å². The first-order chi connectivity index (χ1) is 12.9. The van der Waals surface area contributed by atoms with Crippen LogP contribution in [0.2, 0.25) is 0 Å². The molecule has 0 atom stereocenters. The molecule has 2 amide bonds. The number of pyridine rings is 1. The first kappa shape index (κ1) is 18.6. The van der Waals surface area contributed by atoms with Crippen LogP contribution in [0.25, 0.3) is 5.69 Å². The van der Waals surface area contributed by atoms with Gasteiger partial charge in [-0.05, 0) is 24.3 Å². The fraction of sp³-hybridized carbons (Fsp3) is 0.167. The third-order valence-corrected chi connectivity index (χ3v) is 4.89. The van der Waals surface area contributed by atoms with E-state index in [0.717, 1.165) is 11.9 Å². The maximum atomic E-state index is 12.0. The lowest BCUT2D eigenvalue weighted by atomic mass is 10.3. The Morgan fingerprint density at radius 3 is 2.67 bits per heavy atom. The van der Waals surface area contributed by atoms with Crippen LogP contribution in [0, 0.1) is 0 Å². The van der Waals surface area contributed by atoms with Gasteiger partial charge < -0.3 is 10.6 Å². The number of hydrogen-bond donors (Lipinski definition) is 2. The van der Waals surface area contributed by atoms with E-state index in [-0.39, 0.29) is 10.9 Å². The molecular weight excluding hydrogens is 366 g/mol. The molecule has 0 saturated carbocycles. The minimum absolute atomic E-state index is 0.166. The summed E-state index contributed by atoms with van der Waals surface area (Å²) >= 11 is 0. The van der Waals surface area contributed by atoms with Crippen LogP contribution in [-0.4, -0.2) is 42.0 Å². The molecule has 8 nitrogen and oxygen atoms in total. The van der Waals surface area contributed by atoms with Crippen LogP contribution < -0.4 is 10.6 Å². The second-order valence-corrected chi connectivity index (χ2v) is 7.85. The van der Waals surface area contributed by atoms with Gasteiger partial charge in [0.25, 0.3) is 0 Å². The summed E-state index contributed by atoms with van der Waals surface area (Å²) in [7, 11) is -3.40. The molecule has 0 saturated heterocycles. The van der Waals surface area contributed by atoms with Crippen molar-refractivity contribution in [2.24, 2.45) is 0 Å². The summed E-state index contributed by atoms with van der Waals surface area (Å²) in [5.41, 5.74) is 1.76. The number of carbonyl (C=O) groups excluding carboxylic acids is 1. The molecule has 140 valence electrons. The number of carbonyl (C=O) groups is 1. The van der Waals surface area contributed by atoms with E-state index >= 15 is 0 Å². The number of sulfone groups is 1. The van der Waals surface area contributed by atoms with Crippen molar-refractivity contribution in [2.45, 2.75) is 11.3 Å². The first-order valence-electron chi connectivity index (χ1n) is 8.22. The predicted octanol–water partition coefficient (Wildman–Crippen LogP) is 2.04. The maximum absolute atomic E-state index is 12.0. The fourth-order valence-corrected chi connectivity index (χ4v) is 3.37. The molecule has 0 aliphatic heterocycles. The molecule has 3 aromatic rings. The molecule has 0 spiro atoms. The normalized spacial score (nSPS) is 11.1. The van der Waals surface area contributed by atoms with E-state index in [1.54, 1.807) is 30.6 Å². The van der Waals surface area contributed by atoms with Crippen molar-refractivity contribution >= 4 is 21.6 Å². The highest BCUT2D eigenvalue weighted by atomic mass is 32.2. The van der Waals surface area contributed by atoms with Gasteiger partial charge in [-0.1, -0.05) is 18.2 Å². The molecule has 0 unspecified atom stereocenters. The summed E-state index contributed by atoms with van der Waals surface area (Å²) in [5.74, 6) is 0. The molecule has 2 aromatic heterocycles. The number of anilines is 1. The van der Waals surface area contributed by atoms with Gasteiger partial charge >= 0.3 is 6.03 Å². The van der Waals surface area contributed by atoms with Crippen molar-refractivity contribution in [1.82, 2.24) is 20.1 Å². The lowest BCUT2D eigenvalue weighted by Crippen LogP contribution is -2.30. The Hall–Kier alpha value is -3.20. The van der Waals surface area contributed by atoms with E-state index in [1.165, 1.54) is 16.9 Å². The number of aromatic nitrogens is 3. The number of urea groups is 1. The van der Waals surface area contributed by atoms with Gasteiger partial charge in [0.05, 0.1) is 28.7 Å². The zero-order valence-electron chi connectivity index (χ0n) is 14.7. The summed E-state index contributed by atoms with van der Waals surface area (Å²) < 4.78 is 25.3. The van der Waals surface area contributed by atoms with Gasteiger partial charge in [0.1, 0.15) is 0 Å². The Balaban J connectivity index is 1.62. The molecule has 0 radical (unpaired) electrons. The Morgan fingerprint density at radius 1 is 1.15 bits per heavy atom. The molecule has 0 aliphatic carbocycles. The molecule has 0 bridgehead atoms. The number of para-hydroxylation sites is 1. The number of amides is 2. The third kappa shape index (κ3) is 4.91. The Kier molecular flexibility index (Phi) is 5.51. The summed E-state index contributed by atoms with van der Waals surface area (Å²) in [5, 5.41) is 9.56. The molecule has 27 heavy (non-hydrogen) atoms. The first-order valence-corrected chi connectivity index (χ1v) is 10.1. The number of benzene rings is 1. The van der Waals surface area contributed by atoms with Crippen molar-refractivity contribution in [1.29, 1.82) is 0 Å². The van der Waals surface area contributed by atoms with Crippen molar-refractivity contribution < 1.29 is 13.2 Å². The molecule has 0 fully saturated rings. The standard InChI is InChI=1S/C18H19N5O3S/c1-27(25,26)17-8-3-2-7-16(17)23-13-15(12-21-23)22-18(24)20-11-9-14-6-4-5-10-19-14/h2-8,10,12-13H,9,11H2,1H3,(H2,20,22,24). The quantitative estimate of drug-likeness (QED) is 0.675. The monoisotopic (exact) mass is 385 g/mol. The van der Waals surface area contributed by atoms with Gasteiger partial charge in [0.2, 0.25) is 0 Å². The van der Waals surface area contributed by atoms with Crippen LogP contribution in [0.4, 0.5) is 10.5 Å². The van der Waals surface area contributed by atoms with Gasteiger partial charge in [0.15, 0.2) is 9.84 Å². The third-order valence-electron chi connectivity index (χ3n) is 3.74. The van der Waals surface area contributed by atoms with Gasteiger partial charge in [-0.2, -0.15) is 5.10 Å². The minimum atomic E-state index is -3.40. The zero-order chi connectivity index (χ0) is 19.3. The van der Waals surface area contributed by atoms with E-state index in [1.807, 2.05) is 18.2 Å². The van der Waals surface area contributed by atoms with Crippen LogP contribution in [0.3, 0.4) is 0 Å². The van der Waals surface area contributed by atoms with Gasteiger partial charge in [-0.25, -0.2) is 17.9 Å².